The molecule has 1 saturated heterocycles. The van der Waals surface area contributed by atoms with Crippen LogP contribution in [-0.2, 0) is 9.59 Å². The maximum absolute atomic E-state index is 10.9. The first-order valence-electron chi connectivity index (χ1n) is 5.43. The van der Waals surface area contributed by atoms with E-state index < -0.39 is 0 Å². The zero-order valence-corrected chi connectivity index (χ0v) is 9.14. The smallest absolute Gasteiger partial charge is 0.220 e. The molecule has 1 fully saturated rings. The number of amides is 2. The van der Waals surface area contributed by atoms with E-state index >= 15 is 0 Å². The molecule has 3 N–H and O–H groups in total. The molecule has 86 valence electrons. The van der Waals surface area contributed by atoms with Gasteiger partial charge < -0.3 is 16.0 Å². The Labute approximate surface area is 90.0 Å². The zero-order valence-electron chi connectivity index (χ0n) is 9.14. The summed E-state index contributed by atoms with van der Waals surface area (Å²) in [5.41, 5.74) is 0. The molecule has 0 bridgehead atoms. The van der Waals surface area contributed by atoms with Gasteiger partial charge in [-0.15, -0.1) is 0 Å². The number of carbonyl (C=O) groups is 2. The molecular formula is C10H19N3O2. The average Bonchev–Trinajstić information content (AvgIpc) is 2.26. The monoisotopic (exact) mass is 213 g/mol. The summed E-state index contributed by atoms with van der Waals surface area (Å²) in [4.78, 5) is 21.8. The number of nitrogens with one attached hydrogen (secondary N) is 3. The molecule has 1 unspecified atom stereocenters. The third-order valence-corrected chi connectivity index (χ3v) is 2.56. The van der Waals surface area contributed by atoms with Gasteiger partial charge in [-0.2, -0.15) is 0 Å². The van der Waals surface area contributed by atoms with Gasteiger partial charge in [0.2, 0.25) is 11.8 Å². The van der Waals surface area contributed by atoms with Gasteiger partial charge in [-0.1, -0.05) is 0 Å². The van der Waals surface area contributed by atoms with Gasteiger partial charge in [0.05, 0.1) is 0 Å². The van der Waals surface area contributed by atoms with E-state index in [0.717, 1.165) is 19.4 Å². The van der Waals surface area contributed by atoms with E-state index in [9.17, 15) is 9.59 Å². The second-order valence-electron chi connectivity index (χ2n) is 3.77. The maximum atomic E-state index is 10.9. The lowest BCUT2D eigenvalue weighted by molar-refractivity contribution is -0.122. The second-order valence-corrected chi connectivity index (χ2v) is 3.77. The van der Waals surface area contributed by atoms with E-state index in [1.165, 1.54) is 0 Å². The van der Waals surface area contributed by atoms with Gasteiger partial charge in [-0.3, -0.25) is 9.59 Å². The lowest BCUT2D eigenvalue weighted by Gasteiger charge is -2.23. The standard InChI is InChI=1S/C10H19N3O2/c1-11-9(14)3-2-6-12-8-4-5-10(15)13-7-8/h8,12H,2-7H2,1H3,(H,11,14)(H,13,15). The molecule has 0 aromatic rings. The normalized spacial score (nSPS) is 20.9. The van der Waals surface area contributed by atoms with Gasteiger partial charge >= 0.3 is 0 Å². The number of carbonyl (C=O) groups excluding carboxylic acids is 2. The van der Waals surface area contributed by atoms with Crippen LogP contribution in [0.1, 0.15) is 25.7 Å². The molecule has 1 heterocycles. The Bertz CT molecular complexity index is 221. The molecule has 0 aromatic carbocycles. The minimum Gasteiger partial charge on any atom is -0.359 e. The third kappa shape index (κ3) is 4.78. The van der Waals surface area contributed by atoms with E-state index in [4.69, 9.17) is 0 Å². The van der Waals surface area contributed by atoms with Crippen molar-refractivity contribution in [1.29, 1.82) is 0 Å². The van der Waals surface area contributed by atoms with Crippen molar-refractivity contribution in [3.05, 3.63) is 0 Å². The van der Waals surface area contributed by atoms with Crippen LogP contribution < -0.4 is 16.0 Å². The fourth-order valence-electron chi connectivity index (χ4n) is 1.59. The van der Waals surface area contributed by atoms with E-state index in [-0.39, 0.29) is 11.8 Å². The molecule has 0 spiro atoms. The van der Waals surface area contributed by atoms with E-state index in [1.807, 2.05) is 0 Å². The SMILES string of the molecule is CNC(=O)CCCNC1CCC(=O)NC1. The van der Waals surface area contributed by atoms with Crippen molar-refractivity contribution in [2.45, 2.75) is 31.7 Å². The Morgan fingerprint density at radius 1 is 1.60 bits per heavy atom. The second kappa shape index (κ2) is 6.40. The van der Waals surface area contributed by atoms with E-state index in [0.29, 0.717) is 25.4 Å². The van der Waals surface area contributed by atoms with Gasteiger partial charge in [-0.25, -0.2) is 0 Å². The summed E-state index contributed by atoms with van der Waals surface area (Å²) >= 11 is 0. The molecule has 5 heteroatoms. The highest BCUT2D eigenvalue weighted by atomic mass is 16.2. The minimum atomic E-state index is 0.0775. The quantitative estimate of drug-likeness (QED) is 0.533. The molecule has 0 aromatic heterocycles. The van der Waals surface area contributed by atoms with Crippen molar-refractivity contribution >= 4 is 11.8 Å². The molecular weight excluding hydrogens is 194 g/mol. The van der Waals surface area contributed by atoms with E-state index in [2.05, 4.69) is 16.0 Å². The van der Waals surface area contributed by atoms with Gasteiger partial charge in [0.1, 0.15) is 0 Å². The van der Waals surface area contributed by atoms with Gasteiger partial charge in [0.15, 0.2) is 0 Å². The maximum Gasteiger partial charge on any atom is 0.220 e. The highest BCUT2D eigenvalue weighted by Gasteiger charge is 2.16. The van der Waals surface area contributed by atoms with Crippen molar-refractivity contribution in [3.8, 4) is 0 Å². The predicted octanol–water partition coefficient (Wildman–Crippen LogP) is -0.619. The zero-order chi connectivity index (χ0) is 11.1. The largest absolute Gasteiger partial charge is 0.359 e. The van der Waals surface area contributed by atoms with Crippen molar-refractivity contribution in [2.75, 3.05) is 20.1 Å². The molecule has 15 heavy (non-hydrogen) atoms. The van der Waals surface area contributed by atoms with Crippen molar-refractivity contribution < 1.29 is 9.59 Å². The lowest BCUT2D eigenvalue weighted by atomic mass is 10.1. The van der Waals surface area contributed by atoms with Crippen LogP contribution in [0.2, 0.25) is 0 Å². The molecule has 1 aliphatic heterocycles. The molecule has 1 atom stereocenters. The third-order valence-electron chi connectivity index (χ3n) is 2.56. The van der Waals surface area contributed by atoms with Crippen LogP contribution in [0.5, 0.6) is 0 Å². The molecule has 1 rings (SSSR count). The first kappa shape index (κ1) is 12.0. The summed E-state index contributed by atoms with van der Waals surface area (Å²) in [6, 6.07) is 0.368. The summed E-state index contributed by atoms with van der Waals surface area (Å²) in [6.45, 7) is 1.53. The predicted molar refractivity (Wildman–Crippen MR) is 57.3 cm³/mol. The number of hydrogen-bond donors (Lipinski definition) is 3. The topological polar surface area (TPSA) is 70.2 Å². The van der Waals surface area contributed by atoms with E-state index in [1.54, 1.807) is 7.05 Å². The Morgan fingerprint density at radius 3 is 3.00 bits per heavy atom. The number of hydrogen-bond acceptors (Lipinski definition) is 3. The van der Waals surface area contributed by atoms with Crippen LogP contribution in [0, 0.1) is 0 Å². The molecule has 1 aliphatic rings. The average molecular weight is 213 g/mol. The number of rotatable bonds is 5. The highest BCUT2D eigenvalue weighted by molar-refractivity contribution is 5.76. The van der Waals surface area contributed by atoms with Gasteiger partial charge in [0.25, 0.3) is 0 Å². The first-order valence-corrected chi connectivity index (χ1v) is 5.43. The Balaban J connectivity index is 2.00. The Hall–Kier alpha value is -1.10. The fourth-order valence-corrected chi connectivity index (χ4v) is 1.59. The molecule has 2 amide bonds. The summed E-state index contributed by atoms with van der Waals surface area (Å²) in [5.74, 6) is 0.215. The molecule has 5 nitrogen and oxygen atoms in total. The Morgan fingerprint density at radius 2 is 2.40 bits per heavy atom. The highest BCUT2D eigenvalue weighted by Crippen LogP contribution is 2.02. The summed E-state index contributed by atoms with van der Waals surface area (Å²) in [7, 11) is 1.65. The van der Waals surface area contributed by atoms with Crippen LogP contribution in [0.4, 0.5) is 0 Å². The lowest BCUT2D eigenvalue weighted by Crippen LogP contribution is -2.46. The first-order chi connectivity index (χ1) is 7.22. The minimum absolute atomic E-state index is 0.0775. The van der Waals surface area contributed by atoms with Gasteiger partial charge in [-0.05, 0) is 19.4 Å². The summed E-state index contributed by atoms with van der Waals surface area (Å²) in [5, 5.41) is 8.72. The fraction of sp³-hybridized carbons (Fsp3) is 0.800. The molecule has 0 saturated carbocycles. The van der Waals surface area contributed by atoms with Crippen LogP contribution in [0.15, 0.2) is 0 Å². The summed E-state index contributed by atoms with van der Waals surface area (Å²) in [6.07, 6.45) is 2.89. The van der Waals surface area contributed by atoms with Crippen molar-refractivity contribution in [2.24, 2.45) is 0 Å². The van der Waals surface area contributed by atoms with Crippen LogP contribution in [-0.4, -0.2) is 38.0 Å². The molecule has 0 aliphatic carbocycles. The number of piperidine rings is 1. The summed E-state index contributed by atoms with van der Waals surface area (Å²) < 4.78 is 0. The molecule has 0 radical (unpaired) electrons. The van der Waals surface area contributed by atoms with Crippen molar-refractivity contribution in [3.63, 3.8) is 0 Å². The van der Waals surface area contributed by atoms with Crippen molar-refractivity contribution in [1.82, 2.24) is 16.0 Å². The van der Waals surface area contributed by atoms with Gasteiger partial charge in [0, 0.05) is 32.5 Å². The van der Waals surface area contributed by atoms with Crippen LogP contribution in [0.25, 0.3) is 0 Å². The van der Waals surface area contributed by atoms with Crippen LogP contribution >= 0.6 is 0 Å². The Kier molecular flexibility index (Phi) is 5.10. The van der Waals surface area contributed by atoms with Crippen LogP contribution in [0.3, 0.4) is 0 Å².